The van der Waals surface area contributed by atoms with Crippen LogP contribution in [0.1, 0.15) is 40.5 Å². The third kappa shape index (κ3) is 1.98. The van der Waals surface area contributed by atoms with Crippen LogP contribution in [0, 0.1) is 11.3 Å². The number of carbonyl (C=O) groups is 2. The monoisotopic (exact) mass is 401 g/mol. The van der Waals surface area contributed by atoms with Gasteiger partial charge in [0.05, 0.1) is 6.42 Å². The predicted molar refractivity (Wildman–Crippen MR) is 106 cm³/mol. The summed E-state index contributed by atoms with van der Waals surface area (Å²) in [5, 5.41) is 10.8. The first-order chi connectivity index (χ1) is 14.5. The molecule has 1 aromatic carbocycles. The molecular formula is C22H19N5O3. The summed E-state index contributed by atoms with van der Waals surface area (Å²) < 4.78 is 5.58. The number of nitrogens with zero attached hydrogens (tertiary/aromatic N) is 4. The van der Waals surface area contributed by atoms with Crippen molar-refractivity contribution in [1.29, 1.82) is 0 Å². The molecule has 0 saturated heterocycles. The van der Waals surface area contributed by atoms with Gasteiger partial charge in [0.25, 0.3) is 5.91 Å². The molecule has 4 heterocycles. The lowest BCUT2D eigenvalue weighted by atomic mass is 9.86. The van der Waals surface area contributed by atoms with Gasteiger partial charge in [-0.05, 0) is 17.2 Å². The number of rotatable bonds is 4. The molecular weight excluding hydrogens is 382 g/mol. The molecule has 0 radical (unpaired) electrons. The van der Waals surface area contributed by atoms with Gasteiger partial charge in [-0.3, -0.25) is 14.5 Å². The van der Waals surface area contributed by atoms with Gasteiger partial charge in [-0.1, -0.05) is 43.3 Å². The number of carbonyl (C=O) groups excluding carboxylic acids is 2. The molecule has 7 rings (SSSR count). The Morgan fingerprint density at radius 2 is 1.97 bits per heavy atom. The summed E-state index contributed by atoms with van der Waals surface area (Å²) in [4.78, 5) is 32.2. The molecule has 1 N–H and O–H groups in total. The molecule has 2 fully saturated rings. The van der Waals surface area contributed by atoms with E-state index in [-0.39, 0.29) is 29.0 Å². The van der Waals surface area contributed by atoms with Gasteiger partial charge in [-0.2, -0.15) is 0 Å². The van der Waals surface area contributed by atoms with Crippen LogP contribution in [-0.2, 0) is 11.2 Å². The van der Waals surface area contributed by atoms with E-state index in [1.54, 1.807) is 18.1 Å². The van der Waals surface area contributed by atoms with Crippen molar-refractivity contribution in [2.24, 2.45) is 11.3 Å². The van der Waals surface area contributed by atoms with E-state index in [2.05, 4.69) is 20.5 Å². The van der Waals surface area contributed by atoms with E-state index in [0.717, 1.165) is 11.1 Å². The van der Waals surface area contributed by atoms with E-state index < -0.39 is 11.4 Å². The summed E-state index contributed by atoms with van der Waals surface area (Å²) in [5.74, 6) is 0.494. The van der Waals surface area contributed by atoms with Crippen LogP contribution in [0.3, 0.4) is 0 Å². The minimum atomic E-state index is -0.946. The average Bonchev–Trinajstić information content (AvgIpc) is 3.45. The van der Waals surface area contributed by atoms with Crippen molar-refractivity contribution in [2.75, 3.05) is 11.9 Å². The molecule has 8 heteroatoms. The van der Waals surface area contributed by atoms with Gasteiger partial charge >= 0.3 is 11.8 Å². The number of nitrogens with one attached hydrogen (secondary N) is 1. The molecule has 3 aromatic rings. The molecule has 4 atom stereocenters. The summed E-state index contributed by atoms with van der Waals surface area (Å²) in [6, 6.07) is 13.6. The summed E-state index contributed by atoms with van der Waals surface area (Å²) in [6.07, 6.45) is 2.12. The highest BCUT2D eigenvalue weighted by molar-refractivity contribution is 6.11. The van der Waals surface area contributed by atoms with E-state index in [4.69, 9.17) is 4.42 Å². The van der Waals surface area contributed by atoms with Gasteiger partial charge in [0.15, 0.2) is 0 Å². The van der Waals surface area contributed by atoms with Crippen LogP contribution in [0.5, 0.6) is 0 Å². The average molecular weight is 401 g/mol. The molecule has 2 bridgehead atoms. The molecule has 30 heavy (non-hydrogen) atoms. The van der Waals surface area contributed by atoms with Gasteiger partial charge < -0.3 is 9.73 Å². The van der Waals surface area contributed by atoms with Gasteiger partial charge in [0.2, 0.25) is 5.89 Å². The van der Waals surface area contributed by atoms with Gasteiger partial charge in [-0.15, -0.1) is 10.2 Å². The molecule has 2 saturated carbocycles. The van der Waals surface area contributed by atoms with E-state index in [0.29, 0.717) is 18.1 Å². The second-order valence-corrected chi connectivity index (χ2v) is 8.44. The van der Waals surface area contributed by atoms with E-state index in [1.165, 1.54) is 0 Å². The molecule has 8 nitrogen and oxygen atoms in total. The first-order valence-electron chi connectivity index (χ1n) is 9.90. The van der Waals surface area contributed by atoms with Gasteiger partial charge in [0.1, 0.15) is 11.4 Å². The number of hydrogen-bond donors (Lipinski definition) is 1. The summed E-state index contributed by atoms with van der Waals surface area (Å²) >= 11 is 0. The fourth-order valence-electron chi connectivity index (χ4n) is 5.43. The van der Waals surface area contributed by atoms with Crippen LogP contribution in [0.15, 0.2) is 53.1 Å². The zero-order chi connectivity index (χ0) is 20.7. The first-order valence-corrected chi connectivity index (χ1v) is 9.90. The highest BCUT2D eigenvalue weighted by atomic mass is 16.4. The number of fused-ring (bicyclic) bond motifs is 1. The molecule has 2 amide bonds. The van der Waals surface area contributed by atoms with E-state index in [1.807, 2.05) is 49.4 Å². The molecule has 4 aliphatic rings. The number of anilines is 1. The zero-order valence-corrected chi connectivity index (χ0v) is 16.5. The summed E-state index contributed by atoms with van der Waals surface area (Å²) in [5.41, 5.74) is 0.815. The fourth-order valence-corrected chi connectivity index (χ4v) is 5.43. The SMILES string of the molecule is CN1C(=O)C2(NC(=O)c3nnc(Cc4ccccc4)o3)C3C(c4cccnc41)C32C. The third-order valence-electron chi connectivity index (χ3n) is 7.03. The Hall–Kier alpha value is -3.55. The third-order valence-corrected chi connectivity index (χ3v) is 7.03. The highest BCUT2D eigenvalue weighted by Crippen LogP contribution is 2.91. The Morgan fingerprint density at radius 1 is 1.20 bits per heavy atom. The Kier molecular flexibility index (Phi) is 3.19. The maximum absolute atomic E-state index is 13.3. The summed E-state index contributed by atoms with van der Waals surface area (Å²) in [6.45, 7) is 2.05. The normalized spacial score (nSPS) is 30.2. The van der Waals surface area contributed by atoms with Crippen LogP contribution in [-0.4, -0.2) is 39.6 Å². The van der Waals surface area contributed by atoms with Gasteiger partial charge in [0, 0.05) is 30.5 Å². The highest BCUT2D eigenvalue weighted by Gasteiger charge is 2.98. The van der Waals surface area contributed by atoms with Crippen molar-refractivity contribution in [3.63, 3.8) is 0 Å². The van der Waals surface area contributed by atoms with Crippen molar-refractivity contribution < 1.29 is 14.0 Å². The maximum atomic E-state index is 13.3. The van der Waals surface area contributed by atoms with Crippen molar-refractivity contribution >= 4 is 17.6 Å². The quantitative estimate of drug-likeness (QED) is 0.717. The molecule has 2 aromatic heterocycles. The number of hydrogen-bond acceptors (Lipinski definition) is 6. The number of aromatic nitrogens is 3. The van der Waals surface area contributed by atoms with Crippen LogP contribution in [0.25, 0.3) is 0 Å². The predicted octanol–water partition coefficient (Wildman–Crippen LogP) is 1.93. The fraction of sp³-hybridized carbons (Fsp3) is 0.318. The number of likely N-dealkylation sites (N-methyl/N-ethyl adjacent to an activating group) is 1. The molecule has 2 aliphatic carbocycles. The topological polar surface area (TPSA) is 101 Å². The molecule has 2 aliphatic heterocycles. The molecule has 150 valence electrons. The first kappa shape index (κ1) is 17.3. The lowest BCUT2D eigenvalue weighted by Crippen LogP contribution is -2.56. The van der Waals surface area contributed by atoms with E-state index >= 15 is 0 Å². The Morgan fingerprint density at radius 3 is 2.73 bits per heavy atom. The molecule has 0 spiro atoms. The van der Waals surface area contributed by atoms with Crippen molar-refractivity contribution in [2.45, 2.75) is 24.8 Å². The maximum Gasteiger partial charge on any atom is 0.309 e. The molecule has 4 unspecified atom stereocenters. The van der Waals surface area contributed by atoms with Crippen LogP contribution in [0.2, 0.25) is 0 Å². The minimum absolute atomic E-state index is 0.0565. The largest absolute Gasteiger partial charge is 0.417 e. The second kappa shape index (κ2) is 5.53. The lowest BCUT2D eigenvalue weighted by molar-refractivity contribution is -0.123. The van der Waals surface area contributed by atoms with Crippen molar-refractivity contribution in [3.8, 4) is 0 Å². The Bertz CT molecular complexity index is 1210. The number of amides is 2. The van der Waals surface area contributed by atoms with Crippen LogP contribution < -0.4 is 10.2 Å². The second-order valence-electron chi connectivity index (χ2n) is 8.44. The Balaban J connectivity index is 1.25. The minimum Gasteiger partial charge on any atom is -0.417 e. The smallest absolute Gasteiger partial charge is 0.309 e. The van der Waals surface area contributed by atoms with Crippen molar-refractivity contribution in [3.05, 3.63) is 71.6 Å². The summed E-state index contributed by atoms with van der Waals surface area (Å²) in [7, 11) is 1.70. The van der Waals surface area contributed by atoms with Crippen molar-refractivity contribution in [1.82, 2.24) is 20.5 Å². The van der Waals surface area contributed by atoms with Crippen LogP contribution >= 0.6 is 0 Å². The van der Waals surface area contributed by atoms with Crippen LogP contribution in [0.4, 0.5) is 5.82 Å². The standard InChI is InChI=1S/C22H19N5O3/c1-21-15-13-9-6-10-23-17(13)27(2)20(29)22(21,16(15)21)24-18(28)19-26-25-14(30-19)11-12-7-4-3-5-8-12/h3-10,15-16H,11H2,1-2H3,(H,24,28). The zero-order valence-electron chi connectivity index (χ0n) is 16.5. The number of pyridine rings is 1. The number of benzene rings is 1. The lowest BCUT2D eigenvalue weighted by Gasteiger charge is -2.28. The Labute approximate surface area is 172 Å². The van der Waals surface area contributed by atoms with E-state index in [9.17, 15) is 9.59 Å². The van der Waals surface area contributed by atoms with Gasteiger partial charge in [-0.25, -0.2) is 4.98 Å².